The molecule has 3 aliphatic carbocycles. The molecular formula is C18H22O3. The van der Waals surface area contributed by atoms with Crippen molar-refractivity contribution in [1.82, 2.24) is 0 Å². The summed E-state index contributed by atoms with van der Waals surface area (Å²) >= 11 is 0. The van der Waals surface area contributed by atoms with Crippen LogP contribution >= 0.6 is 0 Å². The van der Waals surface area contributed by atoms with Gasteiger partial charge in [-0.25, -0.2) is 0 Å². The predicted molar refractivity (Wildman–Crippen MR) is 79.1 cm³/mol. The van der Waals surface area contributed by atoms with Crippen LogP contribution in [-0.2, 0) is 11.2 Å². The zero-order valence-electron chi connectivity index (χ0n) is 12.4. The van der Waals surface area contributed by atoms with E-state index in [-0.39, 0.29) is 11.3 Å². The Balaban J connectivity index is 1.78. The van der Waals surface area contributed by atoms with Crippen molar-refractivity contribution < 1.29 is 15.0 Å². The molecule has 0 heterocycles. The second-order valence-electron chi connectivity index (χ2n) is 7.37. The summed E-state index contributed by atoms with van der Waals surface area (Å²) in [6, 6.07) is 5.54. The topological polar surface area (TPSA) is 57.5 Å². The maximum atomic E-state index is 12.3. The Hall–Kier alpha value is -1.35. The number of aliphatic hydroxyl groups is 1. The summed E-state index contributed by atoms with van der Waals surface area (Å²) < 4.78 is 0. The van der Waals surface area contributed by atoms with Crippen molar-refractivity contribution in [2.75, 3.05) is 0 Å². The first kappa shape index (κ1) is 13.3. The number of fused-ring (bicyclic) bond motifs is 5. The van der Waals surface area contributed by atoms with Crippen molar-refractivity contribution in [1.29, 1.82) is 0 Å². The van der Waals surface area contributed by atoms with Crippen LogP contribution in [0.2, 0.25) is 0 Å². The van der Waals surface area contributed by atoms with Crippen LogP contribution in [0.25, 0.3) is 0 Å². The molecule has 0 bridgehead atoms. The number of ketones is 1. The van der Waals surface area contributed by atoms with Crippen LogP contribution in [0.4, 0.5) is 0 Å². The zero-order valence-corrected chi connectivity index (χ0v) is 12.4. The molecular weight excluding hydrogens is 264 g/mol. The molecule has 2 N–H and O–H groups in total. The molecule has 112 valence electrons. The maximum absolute atomic E-state index is 12.3. The second-order valence-corrected chi connectivity index (χ2v) is 7.37. The van der Waals surface area contributed by atoms with E-state index < -0.39 is 6.10 Å². The Bertz CT molecular complexity index is 608. The Kier molecular flexibility index (Phi) is 2.74. The van der Waals surface area contributed by atoms with Crippen LogP contribution in [0.1, 0.15) is 49.7 Å². The molecule has 1 aromatic rings. The van der Waals surface area contributed by atoms with Gasteiger partial charge in [-0.1, -0.05) is 13.0 Å². The molecule has 3 aliphatic rings. The number of phenols is 1. The fourth-order valence-electron chi connectivity index (χ4n) is 5.42. The smallest absolute Gasteiger partial charge is 0.139 e. The van der Waals surface area contributed by atoms with E-state index in [0.29, 0.717) is 36.2 Å². The first-order valence-electron chi connectivity index (χ1n) is 8.04. The highest BCUT2D eigenvalue weighted by Gasteiger charge is 2.57. The van der Waals surface area contributed by atoms with Gasteiger partial charge in [0.2, 0.25) is 0 Å². The average molecular weight is 286 g/mol. The van der Waals surface area contributed by atoms with Crippen molar-refractivity contribution in [2.45, 2.75) is 51.0 Å². The van der Waals surface area contributed by atoms with Gasteiger partial charge in [0, 0.05) is 17.8 Å². The lowest BCUT2D eigenvalue weighted by molar-refractivity contribution is -0.133. The largest absolute Gasteiger partial charge is 0.508 e. The van der Waals surface area contributed by atoms with Crippen molar-refractivity contribution in [3.8, 4) is 5.75 Å². The summed E-state index contributed by atoms with van der Waals surface area (Å²) in [7, 11) is 0. The number of hydrogen-bond acceptors (Lipinski definition) is 3. The number of Topliss-reactive ketones (excluding diaryl/α,β-unsaturated/α-hetero) is 1. The predicted octanol–water partition coefficient (Wildman–Crippen LogP) is 2.79. The highest BCUT2D eigenvalue weighted by molar-refractivity contribution is 5.87. The lowest BCUT2D eigenvalue weighted by Gasteiger charge is -2.50. The molecule has 0 radical (unpaired) electrons. The van der Waals surface area contributed by atoms with Gasteiger partial charge in [-0.2, -0.15) is 0 Å². The number of aliphatic hydroxyl groups excluding tert-OH is 1. The minimum Gasteiger partial charge on any atom is -0.508 e. The Labute approximate surface area is 125 Å². The molecule has 0 aromatic heterocycles. The van der Waals surface area contributed by atoms with Gasteiger partial charge in [-0.15, -0.1) is 0 Å². The van der Waals surface area contributed by atoms with Crippen molar-refractivity contribution in [3.05, 3.63) is 29.3 Å². The van der Waals surface area contributed by atoms with E-state index in [1.54, 1.807) is 6.07 Å². The average Bonchev–Trinajstić information content (AvgIpc) is 2.74. The molecule has 1 unspecified atom stereocenters. The van der Waals surface area contributed by atoms with E-state index in [4.69, 9.17) is 0 Å². The van der Waals surface area contributed by atoms with Crippen molar-refractivity contribution in [2.24, 2.45) is 17.3 Å². The number of aromatic hydroxyl groups is 1. The summed E-state index contributed by atoms with van der Waals surface area (Å²) in [5, 5.41) is 20.4. The maximum Gasteiger partial charge on any atom is 0.139 e. The summed E-state index contributed by atoms with van der Waals surface area (Å²) in [4.78, 5) is 12.3. The first-order valence-corrected chi connectivity index (χ1v) is 8.04. The highest BCUT2D eigenvalue weighted by Crippen LogP contribution is 2.59. The first-order chi connectivity index (χ1) is 10.0. The molecule has 1 aromatic carbocycles. The molecule has 2 saturated carbocycles. The zero-order chi connectivity index (χ0) is 14.8. The van der Waals surface area contributed by atoms with Crippen LogP contribution in [0.15, 0.2) is 18.2 Å². The normalized spacial score (nSPS) is 41.3. The quantitative estimate of drug-likeness (QED) is 0.771. The van der Waals surface area contributed by atoms with Gasteiger partial charge in [-0.05, 0) is 60.8 Å². The van der Waals surface area contributed by atoms with Gasteiger partial charge in [0.25, 0.3) is 0 Å². The Morgan fingerprint density at radius 3 is 2.86 bits per heavy atom. The van der Waals surface area contributed by atoms with E-state index in [2.05, 4.69) is 6.92 Å². The third-order valence-corrected chi connectivity index (χ3v) is 6.40. The molecule has 5 atom stereocenters. The lowest BCUT2D eigenvalue weighted by Crippen LogP contribution is -2.48. The van der Waals surface area contributed by atoms with Gasteiger partial charge >= 0.3 is 0 Å². The number of carbonyl (C=O) groups excluding carboxylic acids is 1. The second kappa shape index (κ2) is 4.33. The summed E-state index contributed by atoms with van der Waals surface area (Å²) in [5.74, 6) is 1.61. The van der Waals surface area contributed by atoms with E-state index in [1.807, 2.05) is 12.1 Å². The van der Waals surface area contributed by atoms with Crippen LogP contribution in [0.3, 0.4) is 0 Å². The molecule has 0 saturated heterocycles. The Morgan fingerprint density at radius 1 is 1.24 bits per heavy atom. The van der Waals surface area contributed by atoms with Crippen molar-refractivity contribution >= 4 is 5.78 Å². The van der Waals surface area contributed by atoms with E-state index in [9.17, 15) is 15.0 Å². The molecule has 0 amide bonds. The minimum atomic E-state index is -0.443. The van der Waals surface area contributed by atoms with Crippen LogP contribution in [0, 0.1) is 17.3 Å². The van der Waals surface area contributed by atoms with Crippen LogP contribution in [0.5, 0.6) is 5.75 Å². The molecule has 3 heteroatoms. The highest BCUT2D eigenvalue weighted by atomic mass is 16.3. The minimum absolute atomic E-state index is 0.137. The lowest BCUT2D eigenvalue weighted by atomic mass is 9.54. The fourth-order valence-corrected chi connectivity index (χ4v) is 5.42. The summed E-state index contributed by atoms with van der Waals surface area (Å²) in [5.41, 5.74) is 2.05. The number of rotatable bonds is 0. The Morgan fingerprint density at radius 2 is 2.05 bits per heavy atom. The van der Waals surface area contributed by atoms with Gasteiger partial charge in [-0.3, -0.25) is 4.79 Å². The van der Waals surface area contributed by atoms with Gasteiger partial charge in [0.15, 0.2) is 0 Å². The van der Waals surface area contributed by atoms with Gasteiger partial charge in [0.05, 0.1) is 6.10 Å². The van der Waals surface area contributed by atoms with Crippen LogP contribution in [-0.4, -0.2) is 22.1 Å². The molecule has 4 rings (SSSR count). The summed E-state index contributed by atoms with van der Waals surface area (Å²) in [6.07, 6.45) is 3.78. The van der Waals surface area contributed by atoms with E-state index in [1.165, 1.54) is 11.1 Å². The molecule has 3 nitrogen and oxygen atoms in total. The number of carbonyl (C=O) groups is 1. The number of benzene rings is 1. The van der Waals surface area contributed by atoms with Crippen LogP contribution < -0.4 is 0 Å². The fraction of sp³-hybridized carbons (Fsp3) is 0.611. The van der Waals surface area contributed by atoms with Gasteiger partial charge < -0.3 is 10.2 Å². The van der Waals surface area contributed by atoms with E-state index in [0.717, 1.165) is 19.3 Å². The number of aryl methyl sites for hydroxylation is 1. The van der Waals surface area contributed by atoms with E-state index >= 15 is 0 Å². The number of hydrogen-bond donors (Lipinski definition) is 2. The number of phenolic OH excluding ortho intramolecular Hbond substituents is 1. The summed E-state index contributed by atoms with van der Waals surface area (Å²) in [6.45, 7) is 2.07. The third-order valence-electron chi connectivity index (χ3n) is 6.40. The molecule has 21 heavy (non-hydrogen) atoms. The monoisotopic (exact) mass is 286 g/mol. The third kappa shape index (κ3) is 1.73. The molecule has 2 fully saturated rings. The standard InChI is InChI=1S/C18H22O3/c1-18-9-15(20)17-12-5-3-11(19)8-10(12)2-4-13(17)14(18)6-7-16(18)21/h3,5,8,13-15,17,19-20H,2,4,6-7,9H2,1H3/t13-,14-,15?,17+,18-/m0/s1. The SMILES string of the molecule is C[C@]12CC(O)[C@@H]3c4ccc(O)cc4CC[C@H]3[C@@H]1CCC2=O. The molecule has 0 aliphatic heterocycles. The van der Waals surface area contributed by atoms with Crippen molar-refractivity contribution in [3.63, 3.8) is 0 Å². The molecule has 0 spiro atoms. The van der Waals surface area contributed by atoms with Gasteiger partial charge in [0.1, 0.15) is 11.5 Å².